The Morgan fingerprint density at radius 3 is 2.59 bits per heavy atom. The molecule has 0 amide bonds. The fourth-order valence-electron chi connectivity index (χ4n) is 1.20. The maximum absolute atomic E-state index is 10.6. The van der Waals surface area contributed by atoms with Gasteiger partial charge in [-0.2, -0.15) is 0 Å². The van der Waals surface area contributed by atoms with Gasteiger partial charge >= 0.3 is 0 Å². The second-order valence-corrected chi connectivity index (χ2v) is 5.04. The summed E-state index contributed by atoms with van der Waals surface area (Å²) in [4.78, 5) is 10.2. The second kappa shape index (κ2) is 5.09. The number of nitrogens with zero attached hydrogens (tertiary/aromatic N) is 1. The molecule has 1 aromatic rings. The third-order valence-electron chi connectivity index (χ3n) is 1.80. The normalized spacial score (nSPS) is 10.8. The van der Waals surface area contributed by atoms with Gasteiger partial charge in [0.05, 0.1) is 4.92 Å². The van der Waals surface area contributed by atoms with Crippen LogP contribution < -0.4 is 10.6 Å². The Morgan fingerprint density at radius 2 is 2.06 bits per heavy atom. The van der Waals surface area contributed by atoms with Crippen molar-refractivity contribution in [2.45, 2.75) is 26.3 Å². The van der Waals surface area contributed by atoms with Gasteiger partial charge in [0.1, 0.15) is 0 Å². The first kappa shape index (κ1) is 13.4. The third-order valence-corrected chi connectivity index (χ3v) is 2.01. The van der Waals surface area contributed by atoms with E-state index in [1.54, 1.807) is 12.1 Å². The van der Waals surface area contributed by atoms with Crippen LogP contribution in [0.25, 0.3) is 0 Å². The third kappa shape index (κ3) is 4.78. The summed E-state index contributed by atoms with van der Waals surface area (Å²) in [5, 5.41) is 17.0. The van der Waals surface area contributed by atoms with Crippen molar-refractivity contribution in [3.63, 3.8) is 0 Å². The Hall–Kier alpha value is -1.69. The number of non-ortho nitro benzene ring substituents is 1. The number of thiocarbonyl (C=S) groups is 1. The van der Waals surface area contributed by atoms with Crippen LogP contribution in [0.3, 0.4) is 0 Å². The molecule has 0 fully saturated rings. The van der Waals surface area contributed by atoms with Gasteiger partial charge in [0.15, 0.2) is 5.11 Å². The van der Waals surface area contributed by atoms with E-state index < -0.39 is 4.92 Å². The number of anilines is 1. The minimum atomic E-state index is -0.439. The minimum absolute atomic E-state index is 0.0357. The van der Waals surface area contributed by atoms with E-state index in [2.05, 4.69) is 10.6 Å². The average molecular weight is 253 g/mol. The van der Waals surface area contributed by atoms with Crippen molar-refractivity contribution in [3.8, 4) is 0 Å². The molecule has 6 heteroatoms. The lowest BCUT2D eigenvalue weighted by Gasteiger charge is -2.22. The van der Waals surface area contributed by atoms with Crippen LogP contribution >= 0.6 is 12.2 Å². The van der Waals surface area contributed by atoms with E-state index in [9.17, 15) is 10.1 Å². The second-order valence-electron chi connectivity index (χ2n) is 4.64. The van der Waals surface area contributed by atoms with Crippen molar-refractivity contribution in [2.24, 2.45) is 0 Å². The number of benzene rings is 1. The Balaban J connectivity index is 2.72. The van der Waals surface area contributed by atoms with E-state index in [1.807, 2.05) is 20.8 Å². The van der Waals surface area contributed by atoms with E-state index in [0.717, 1.165) is 0 Å². The molecule has 0 saturated heterocycles. The smallest absolute Gasteiger partial charge is 0.271 e. The Labute approximate surface area is 105 Å². The Morgan fingerprint density at radius 1 is 1.41 bits per heavy atom. The zero-order valence-corrected chi connectivity index (χ0v) is 10.8. The van der Waals surface area contributed by atoms with Crippen molar-refractivity contribution < 1.29 is 4.92 Å². The first-order chi connectivity index (χ1) is 7.78. The molecular weight excluding hydrogens is 238 g/mol. The topological polar surface area (TPSA) is 67.2 Å². The number of hydrogen-bond donors (Lipinski definition) is 2. The molecule has 2 N–H and O–H groups in total. The molecule has 5 nitrogen and oxygen atoms in total. The Bertz CT molecular complexity index is 441. The zero-order chi connectivity index (χ0) is 13.1. The van der Waals surface area contributed by atoms with Crippen LogP contribution in [0.1, 0.15) is 20.8 Å². The van der Waals surface area contributed by atoms with Gasteiger partial charge in [-0.05, 0) is 39.1 Å². The van der Waals surface area contributed by atoms with Gasteiger partial charge in [-0.25, -0.2) is 0 Å². The van der Waals surface area contributed by atoms with Gasteiger partial charge in [-0.3, -0.25) is 10.1 Å². The standard InChI is InChI=1S/C11H15N3O2S/c1-11(2,3)13-10(17)12-8-5-4-6-9(7-8)14(15)16/h4-7H,1-3H3,(H2,12,13,17). The van der Waals surface area contributed by atoms with Crippen LogP contribution in [0.2, 0.25) is 0 Å². The summed E-state index contributed by atoms with van der Waals surface area (Å²) in [6, 6.07) is 6.21. The van der Waals surface area contributed by atoms with Gasteiger partial charge < -0.3 is 10.6 Å². The van der Waals surface area contributed by atoms with Gasteiger partial charge in [0.2, 0.25) is 0 Å². The van der Waals surface area contributed by atoms with Crippen molar-refractivity contribution in [2.75, 3.05) is 5.32 Å². The molecule has 0 spiro atoms. The van der Waals surface area contributed by atoms with Crippen LogP contribution in [-0.4, -0.2) is 15.6 Å². The largest absolute Gasteiger partial charge is 0.358 e. The maximum atomic E-state index is 10.6. The highest BCUT2D eigenvalue weighted by molar-refractivity contribution is 7.80. The lowest BCUT2D eigenvalue weighted by molar-refractivity contribution is -0.384. The summed E-state index contributed by atoms with van der Waals surface area (Å²) in [6.07, 6.45) is 0. The van der Waals surface area contributed by atoms with Gasteiger partial charge in [-0.15, -0.1) is 0 Å². The molecule has 1 aromatic carbocycles. The molecule has 0 aliphatic heterocycles. The first-order valence-corrected chi connectivity index (χ1v) is 5.52. The number of hydrogen-bond acceptors (Lipinski definition) is 3. The average Bonchev–Trinajstić information content (AvgIpc) is 2.14. The van der Waals surface area contributed by atoms with Crippen molar-refractivity contribution in [3.05, 3.63) is 34.4 Å². The van der Waals surface area contributed by atoms with Gasteiger partial charge in [0.25, 0.3) is 5.69 Å². The predicted octanol–water partition coefficient (Wildman–Crippen LogP) is 2.68. The van der Waals surface area contributed by atoms with E-state index in [-0.39, 0.29) is 11.2 Å². The highest BCUT2D eigenvalue weighted by atomic mass is 32.1. The summed E-state index contributed by atoms with van der Waals surface area (Å²) in [5.74, 6) is 0. The summed E-state index contributed by atoms with van der Waals surface area (Å²) >= 11 is 5.10. The zero-order valence-electron chi connectivity index (χ0n) is 9.98. The number of nitrogens with one attached hydrogen (secondary N) is 2. The van der Waals surface area contributed by atoms with Crippen LogP contribution in [0.15, 0.2) is 24.3 Å². The SMILES string of the molecule is CC(C)(C)NC(=S)Nc1cccc([N+](=O)[O-])c1. The highest BCUT2D eigenvalue weighted by Crippen LogP contribution is 2.17. The lowest BCUT2D eigenvalue weighted by Crippen LogP contribution is -2.42. The molecule has 0 bridgehead atoms. The first-order valence-electron chi connectivity index (χ1n) is 5.11. The summed E-state index contributed by atoms with van der Waals surface area (Å²) < 4.78 is 0. The quantitative estimate of drug-likeness (QED) is 0.482. The van der Waals surface area contributed by atoms with E-state index >= 15 is 0 Å². The van der Waals surface area contributed by atoms with Crippen molar-refractivity contribution in [1.29, 1.82) is 0 Å². The maximum Gasteiger partial charge on any atom is 0.271 e. The molecular formula is C11H15N3O2S. The molecule has 0 aromatic heterocycles. The molecule has 0 saturated carbocycles. The van der Waals surface area contributed by atoms with E-state index in [4.69, 9.17) is 12.2 Å². The van der Waals surface area contributed by atoms with Crippen LogP contribution in [-0.2, 0) is 0 Å². The molecule has 0 aliphatic carbocycles. The molecule has 0 atom stereocenters. The monoisotopic (exact) mass is 253 g/mol. The van der Waals surface area contributed by atoms with Gasteiger partial charge in [-0.1, -0.05) is 6.07 Å². The van der Waals surface area contributed by atoms with E-state index in [0.29, 0.717) is 10.8 Å². The Kier molecular flexibility index (Phi) is 4.01. The van der Waals surface area contributed by atoms with E-state index in [1.165, 1.54) is 12.1 Å². The molecule has 1 rings (SSSR count). The van der Waals surface area contributed by atoms with Crippen LogP contribution in [0, 0.1) is 10.1 Å². The molecule has 0 unspecified atom stereocenters. The van der Waals surface area contributed by atoms with Crippen LogP contribution in [0.4, 0.5) is 11.4 Å². The number of rotatable bonds is 2. The highest BCUT2D eigenvalue weighted by Gasteiger charge is 2.12. The lowest BCUT2D eigenvalue weighted by atomic mass is 10.1. The van der Waals surface area contributed by atoms with Gasteiger partial charge in [0, 0.05) is 23.4 Å². The fourth-order valence-corrected chi connectivity index (χ4v) is 1.62. The predicted molar refractivity (Wildman–Crippen MR) is 72.2 cm³/mol. The summed E-state index contributed by atoms with van der Waals surface area (Å²) in [5.41, 5.74) is 0.486. The minimum Gasteiger partial charge on any atom is -0.358 e. The molecule has 92 valence electrons. The number of nitro benzene ring substituents is 1. The van der Waals surface area contributed by atoms with Crippen molar-refractivity contribution >= 4 is 28.7 Å². The fraction of sp³-hybridized carbons (Fsp3) is 0.364. The molecule has 0 radical (unpaired) electrons. The summed E-state index contributed by atoms with van der Waals surface area (Å²) in [6.45, 7) is 5.94. The molecule has 17 heavy (non-hydrogen) atoms. The molecule has 0 heterocycles. The number of nitro groups is 1. The summed E-state index contributed by atoms with van der Waals surface area (Å²) in [7, 11) is 0. The van der Waals surface area contributed by atoms with Crippen molar-refractivity contribution in [1.82, 2.24) is 5.32 Å². The van der Waals surface area contributed by atoms with Crippen LogP contribution in [0.5, 0.6) is 0 Å². The molecule has 0 aliphatic rings.